The monoisotopic (exact) mass is 466 g/mol. The summed E-state index contributed by atoms with van der Waals surface area (Å²) in [4.78, 5) is 26.3. The van der Waals surface area contributed by atoms with Crippen molar-refractivity contribution in [2.24, 2.45) is 0 Å². The number of ether oxygens (including phenoxy) is 1. The molecule has 0 spiro atoms. The van der Waals surface area contributed by atoms with Gasteiger partial charge in [0.05, 0.1) is 16.8 Å². The lowest BCUT2D eigenvalue weighted by atomic mass is 9.78. The molecule has 182 valence electrons. The highest BCUT2D eigenvalue weighted by Crippen LogP contribution is 2.36. The Morgan fingerprint density at radius 1 is 1.06 bits per heavy atom. The Hall–Kier alpha value is -2.20. The predicted molar refractivity (Wildman–Crippen MR) is 120 cm³/mol. The summed E-state index contributed by atoms with van der Waals surface area (Å²) in [7, 11) is -1.07. The molecule has 0 unspecified atom stereocenters. The van der Waals surface area contributed by atoms with Gasteiger partial charge < -0.3 is 24.3 Å². The van der Waals surface area contributed by atoms with E-state index < -0.39 is 47.6 Å². The highest BCUT2D eigenvalue weighted by molar-refractivity contribution is 6.62. The Labute approximate surface area is 194 Å². The van der Waals surface area contributed by atoms with E-state index >= 15 is 0 Å². The number of carbonyl (C=O) groups is 2. The fraction of sp³-hybridized carbons (Fsp3) is 0.652. The van der Waals surface area contributed by atoms with Crippen LogP contribution in [0.4, 0.5) is 13.6 Å². The third-order valence-corrected chi connectivity index (χ3v) is 6.33. The molecule has 1 N–H and O–H groups in total. The second-order valence-electron chi connectivity index (χ2n) is 10.7. The first-order valence-corrected chi connectivity index (χ1v) is 11.2. The van der Waals surface area contributed by atoms with Crippen molar-refractivity contribution in [2.75, 3.05) is 13.1 Å². The van der Waals surface area contributed by atoms with E-state index in [0.717, 1.165) is 12.1 Å². The summed E-state index contributed by atoms with van der Waals surface area (Å²) in [5.74, 6) is -2.19. The Balaban J connectivity index is 1.65. The Bertz CT molecular complexity index is 908. The van der Waals surface area contributed by atoms with E-state index in [1.54, 1.807) is 20.8 Å². The van der Waals surface area contributed by atoms with Gasteiger partial charge in [0.2, 0.25) is 0 Å². The molecule has 2 aliphatic heterocycles. The fourth-order valence-electron chi connectivity index (χ4n) is 3.75. The molecule has 2 fully saturated rings. The van der Waals surface area contributed by atoms with Crippen LogP contribution in [0.25, 0.3) is 0 Å². The minimum atomic E-state index is -1.07. The molecule has 2 heterocycles. The largest absolute Gasteiger partial charge is 0.497 e. The van der Waals surface area contributed by atoms with Gasteiger partial charge in [-0.25, -0.2) is 13.6 Å². The molecule has 2 saturated heterocycles. The van der Waals surface area contributed by atoms with Crippen molar-refractivity contribution in [3.05, 3.63) is 29.3 Å². The average Bonchev–Trinajstić information content (AvgIpc) is 2.89. The van der Waals surface area contributed by atoms with Crippen molar-refractivity contribution in [3.8, 4) is 0 Å². The number of nitrogens with one attached hydrogen (secondary N) is 1. The normalized spacial score (nSPS) is 20.6. The van der Waals surface area contributed by atoms with E-state index in [-0.39, 0.29) is 17.1 Å². The lowest BCUT2D eigenvalue weighted by Gasteiger charge is -2.33. The van der Waals surface area contributed by atoms with Gasteiger partial charge in [-0.1, -0.05) is 0 Å². The molecule has 1 aromatic rings. The number of hydrogen-bond acceptors (Lipinski definition) is 5. The van der Waals surface area contributed by atoms with Gasteiger partial charge in [-0.05, 0) is 73.4 Å². The van der Waals surface area contributed by atoms with Crippen LogP contribution in [0.1, 0.15) is 71.7 Å². The van der Waals surface area contributed by atoms with E-state index in [4.69, 9.17) is 14.0 Å². The maximum atomic E-state index is 14.9. The second kappa shape index (κ2) is 8.87. The van der Waals surface area contributed by atoms with Crippen molar-refractivity contribution in [1.29, 1.82) is 0 Å². The number of halogens is 2. The summed E-state index contributed by atoms with van der Waals surface area (Å²) >= 11 is 0. The summed E-state index contributed by atoms with van der Waals surface area (Å²) in [5.41, 5.74) is -2.43. The van der Waals surface area contributed by atoms with Gasteiger partial charge in [0.25, 0.3) is 5.91 Å². The van der Waals surface area contributed by atoms with Crippen molar-refractivity contribution in [2.45, 2.75) is 84.2 Å². The molecule has 10 heteroatoms. The van der Waals surface area contributed by atoms with Crippen LogP contribution in [0.2, 0.25) is 0 Å². The van der Waals surface area contributed by atoms with Gasteiger partial charge in [-0.2, -0.15) is 0 Å². The third-order valence-electron chi connectivity index (χ3n) is 6.33. The maximum absolute atomic E-state index is 14.9. The molecular formula is C23H33BF2N2O5. The number of piperidine rings is 1. The Morgan fingerprint density at radius 3 is 2.12 bits per heavy atom. The van der Waals surface area contributed by atoms with Gasteiger partial charge in [-0.15, -0.1) is 0 Å². The minimum absolute atomic E-state index is 0.0806. The standard InChI is InChI=1S/C23H33BF2N2O5/c1-21(2,3)31-20(30)27-14-8-10-28(11-9-14)19(29)15-12-18(26)16(13-17(15)25)24-32-22(4,5)23(6,7)33-24/h12-14H,8-11H2,1-7H3,(H,27,30). The van der Waals surface area contributed by atoms with Gasteiger partial charge in [-0.3, -0.25) is 4.79 Å². The molecule has 1 aromatic carbocycles. The van der Waals surface area contributed by atoms with Crippen LogP contribution < -0.4 is 10.8 Å². The van der Waals surface area contributed by atoms with Crippen LogP contribution >= 0.6 is 0 Å². The summed E-state index contributed by atoms with van der Waals surface area (Å²) < 4.78 is 46.6. The predicted octanol–water partition coefficient (Wildman–Crippen LogP) is 3.39. The molecule has 0 aliphatic carbocycles. The number of alkyl carbamates (subject to hydrolysis) is 1. The number of nitrogens with zero attached hydrogens (tertiary/aromatic N) is 1. The molecule has 0 bridgehead atoms. The molecule has 2 aliphatic rings. The number of amides is 2. The first kappa shape index (κ1) is 25.4. The smallest absolute Gasteiger partial charge is 0.444 e. The lowest BCUT2D eigenvalue weighted by Crippen LogP contribution is -2.48. The summed E-state index contributed by atoms with van der Waals surface area (Å²) in [6, 6.07) is 1.72. The summed E-state index contributed by atoms with van der Waals surface area (Å²) in [5, 5.41) is 2.79. The number of likely N-dealkylation sites (tertiary alicyclic amines) is 1. The zero-order valence-corrected chi connectivity index (χ0v) is 20.4. The van der Waals surface area contributed by atoms with Crippen LogP contribution in [-0.2, 0) is 14.0 Å². The molecule has 2 amide bonds. The van der Waals surface area contributed by atoms with Crippen molar-refractivity contribution in [3.63, 3.8) is 0 Å². The van der Waals surface area contributed by atoms with Crippen molar-refractivity contribution in [1.82, 2.24) is 10.2 Å². The summed E-state index contributed by atoms with van der Waals surface area (Å²) in [6.45, 7) is 13.2. The molecule has 7 nitrogen and oxygen atoms in total. The van der Waals surface area contributed by atoms with Crippen molar-refractivity contribution >= 4 is 24.6 Å². The van der Waals surface area contributed by atoms with Crippen LogP contribution in [0.15, 0.2) is 12.1 Å². The van der Waals surface area contributed by atoms with E-state index in [9.17, 15) is 18.4 Å². The topological polar surface area (TPSA) is 77.1 Å². The van der Waals surface area contributed by atoms with Gasteiger partial charge in [0.1, 0.15) is 17.2 Å². The second-order valence-corrected chi connectivity index (χ2v) is 10.7. The van der Waals surface area contributed by atoms with Crippen molar-refractivity contribution < 1.29 is 32.4 Å². The van der Waals surface area contributed by atoms with E-state index in [2.05, 4.69) is 5.32 Å². The number of benzene rings is 1. The van der Waals surface area contributed by atoms with Crippen LogP contribution in [0.3, 0.4) is 0 Å². The lowest BCUT2D eigenvalue weighted by molar-refractivity contribution is 0.00578. The number of rotatable bonds is 3. The third kappa shape index (κ3) is 5.66. The van der Waals surface area contributed by atoms with Gasteiger partial charge >= 0.3 is 13.2 Å². The SMILES string of the molecule is CC(C)(C)OC(=O)NC1CCN(C(=O)c2cc(F)c(B3OC(C)(C)C(C)(C)O3)cc2F)CC1. The molecule has 0 aromatic heterocycles. The fourth-order valence-corrected chi connectivity index (χ4v) is 3.75. The Morgan fingerprint density at radius 2 is 1.61 bits per heavy atom. The van der Waals surface area contributed by atoms with E-state index in [1.807, 2.05) is 27.7 Å². The quantitative estimate of drug-likeness (QED) is 0.692. The van der Waals surface area contributed by atoms with Crippen LogP contribution in [0.5, 0.6) is 0 Å². The Kier molecular flexibility index (Phi) is 6.83. The molecule has 0 saturated carbocycles. The van der Waals surface area contributed by atoms with Crippen LogP contribution in [-0.4, -0.2) is 60.0 Å². The molecule has 0 radical (unpaired) electrons. The minimum Gasteiger partial charge on any atom is -0.444 e. The first-order chi connectivity index (χ1) is 15.1. The highest BCUT2D eigenvalue weighted by Gasteiger charge is 2.52. The average molecular weight is 466 g/mol. The van der Waals surface area contributed by atoms with Gasteiger partial charge in [0, 0.05) is 24.6 Å². The highest BCUT2D eigenvalue weighted by atomic mass is 19.1. The first-order valence-electron chi connectivity index (χ1n) is 11.2. The molecule has 0 atom stereocenters. The summed E-state index contributed by atoms with van der Waals surface area (Å²) in [6.07, 6.45) is 0.459. The van der Waals surface area contributed by atoms with Crippen LogP contribution in [0, 0.1) is 11.6 Å². The zero-order valence-electron chi connectivity index (χ0n) is 20.4. The molecule has 33 heavy (non-hydrogen) atoms. The van der Waals surface area contributed by atoms with E-state index in [0.29, 0.717) is 25.9 Å². The van der Waals surface area contributed by atoms with E-state index in [1.165, 1.54) is 4.90 Å². The van der Waals surface area contributed by atoms with Gasteiger partial charge in [0.15, 0.2) is 0 Å². The maximum Gasteiger partial charge on any atom is 0.497 e. The number of hydrogen-bond donors (Lipinski definition) is 1. The number of carbonyl (C=O) groups excluding carboxylic acids is 2. The molecular weight excluding hydrogens is 433 g/mol. The zero-order chi connectivity index (χ0) is 24.8. The molecule has 3 rings (SSSR count).